The third-order valence-corrected chi connectivity index (χ3v) is 4.39. The van der Waals surface area contributed by atoms with Gasteiger partial charge in [0.2, 0.25) is 0 Å². The first-order chi connectivity index (χ1) is 14.7. The summed E-state index contributed by atoms with van der Waals surface area (Å²) in [4.78, 5) is 16.4. The fourth-order valence-corrected chi connectivity index (χ4v) is 2.98. The number of nitriles is 1. The highest BCUT2D eigenvalue weighted by molar-refractivity contribution is 5.92. The number of pyridine rings is 1. The lowest BCUT2D eigenvalue weighted by molar-refractivity contribution is -0.192. The Hall–Kier alpha value is -4.13. The van der Waals surface area contributed by atoms with Gasteiger partial charge in [0.25, 0.3) is 0 Å². The minimum Gasteiger partial charge on any atom is -0.475 e. The molecule has 10 heteroatoms. The van der Waals surface area contributed by atoms with Crippen molar-refractivity contribution in [2.75, 3.05) is 0 Å². The van der Waals surface area contributed by atoms with Crippen LogP contribution in [0.4, 0.5) is 13.2 Å². The van der Waals surface area contributed by atoms with Gasteiger partial charge in [-0.3, -0.25) is 0 Å². The monoisotopic (exact) mass is 427 g/mol. The quantitative estimate of drug-likeness (QED) is 0.503. The van der Waals surface area contributed by atoms with Crippen LogP contribution in [-0.2, 0) is 11.2 Å². The van der Waals surface area contributed by atoms with Gasteiger partial charge in [0, 0.05) is 29.5 Å². The number of carbonyl (C=O) groups is 1. The summed E-state index contributed by atoms with van der Waals surface area (Å²) in [7, 11) is 0. The van der Waals surface area contributed by atoms with Gasteiger partial charge in [-0.05, 0) is 41.8 Å². The first-order valence-corrected chi connectivity index (χ1v) is 8.95. The number of nitrogens with one attached hydrogen (secondary N) is 1. The summed E-state index contributed by atoms with van der Waals surface area (Å²) in [5, 5.41) is 21.5. The van der Waals surface area contributed by atoms with Crippen molar-refractivity contribution in [3.05, 3.63) is 66.2 Å². The molecule has 0 spiro atoms. The van der Waals surface area contributed by atoms with Gasteiger partial charge in [-0.1, -0.05) is 12.1 Å². The lowest BCUT2D eigenvalue weighted by Gasteiger charge is -2.07. The molecule has 4 aromatic rings. The molecule has 4 rings (SSSR count). The Morgan fingerprint density at radius 1 is 1.29 bits per heavy atom. The summed E-state index contributed by atoms with van der Waals surface area (Å²) >= 11 is 0. The lowest BCUT2D eigenvalue weighted by atomic mass is 10.1. The van der Waals surface area contributed by atoms with Gasteiger partial charge in [0.05, 0.1) is 24.4 Å². The highest BCUT2D eigenvalue weighted by Gasteiger charge is 2.38. The molecule has 0 saturated heterocycles. The second-order valence-corrected chi connectivity index (χ2v) is 6.53. The van der Waals surface area contributed by atoms with E-state index in [1.165, 1.54) is 0 Å². The maximum atomic E-state index is 10.6. The van der Waals surface area contributed by atoms with E-state index in [0.29, 0.717) is 6.42 Å². The minimum absolute atomic E-state index is 0.425. The Labute approximate surface area is 174 Å². The average molecular weight is 427 g/mol. The van der Waals surface area contributed by atoms with Crippen molar-refractivity contribution < 1.29 is 23.1 Å². The fourth-order valence-electron chi connectivity index (χ4n) is 2.98. The largest absolute Gasteiger partial charge is 0.490 e. The van der Waals surface area contributed by atoms with Crippen LogP contribution in [0.3, 0.4) is 0 Å². The van der Waals surface area contributed by atoms with E-state index in [-0.39, 0.29) is 0 Å². The predicted octanol–water partition coefficient (Wildman–Crippen LogP) is 4.42. The summed E-state index contributed by atoms with van der Waals surface area (Å²) in [6.07, 6.45) is 2.92. The van der Waals surface area contributed by atoms with Crippen molar-refractivity contribution in [3.63, 3.8) is 0 Å². The number of aromatic amines is 1. The van der Waals surface area contributed by atoms with Crippen LogP contribution in [0.5, 0.6) is 0 Å². The SMILES string of the molecule is Cc1cc(CC#N)ccc1-n1cc(-c2ccnc3[nH]ccc23)cn1.O=C(O)C(F)(F)F. The van der Waals surface area contributed by atoms with Crippen molar-refractivity contribution in [2.45, 2.75) is 19.5 Å². The number of fused-ring (bicyclic) bond motifs is 1. The summed E-state index contributed by atoms with van der Waals surface area (Å²) < 4.78 is 33.6. The molecule has 0 aliphatic rings. The number of H-pyrrole nitrogens is 1. The van der Waals surface area contributed by atoms with E-state index >= 15 is 0 Å². The maximum absolute atomic E-state index is 10.6. The minimum atomic E-state index is -5.08. The number of hydrogen-bond donors (Lipinski definition) is 2. The van der Waals surface area contributed by atoms with Crippen LogP contribution in [0.1, 0.15) is 11.1 Å². The Morgan fingerprint density at radius 3 is 2.68 bits per heavy atom. The van der Waals surface area contributed by atoms with E-state index in [1.807, 2.05) is 60.5 Å². The zero-order chi connectivity index (χ0) is 22.6. The molecule has 0 fully saturated rings. The molecule has 3 heterocycles. The van der Waals surface area contributed by atoms with Crippen molar-refractivity contribution >= 4 is 17.0 Å². The van der Waals surface area contributed by atoms with Gasteiger partial charge in [-0.2, -0.15) is 23.5 Å². The Kier molecular flexibility index (Phi) is 6.06. The zero-order valence-electron chi connectivity index (χ0n) is 16.2. The second-order valence-electron chi connectivity index (χ2n) is 6.53. The molecule has 0 unspecified atom stereocenters. The first-order valence-electron chi connectivity index (χ1n) is 8.95. The number of halogens is 3. The molecular formula is C21H16F3N5O2. The van der Waals surface area contributed by atoms with Gasteiger partial charge in [0.1, 0.15) is 5.65 Å². The highest BCUT2D eigenvalue weighted by Crippen LogP contribution is 2.27. The topological polar surface area (TPSA) is 108 Å². The van der Waals surface area contributed by atoms with E-state index in [4.69, 9.17) is 15.2 Å². The first kappa shape index (κ1) is 21.6. The number of alkyl halides is 3. The molecule has 0 bridgehead atoms. The third kappa shape index (κ3) is 4.90. The molecule has 7 nitrogen and oxygen atoms in total. The van der Waals surface area contributed by atoms with Crippen LogP contribution in [0.2, 0.25) is 0 Å². The normalized spacial score (nSPS) is 10.9. The molecule has 31 heavy (non-hydrogen) atoms. The number of carboxylic acids is 1. The van der Waals surface area contributed by atoms with Crippen LogP contribution < -0.4 is 0 Å². The van der Waals surface area contributed by atoms with Gasteiger partial charge >= 0.3 is 12.1 Å². The number of nitrogens with zero attached hydrogens (tertiary/aromatic N) is 4. The molecule has 0 atom stereocenters. The predicted molar refractivity (Wildman–Crippen MR) is 106 cm³/mol. The zero-order valence-corrected chi connectivity index (χ0v) is 16.2. The van der Waals surface area contributed by atoms with Gasteiger partial charge in [-0.25, -0.2) is 14.5 Å². The number of hydrogen-bond acceptors (Lipinski definition) is 4. The van der Waals surface area contributed by atoms with Crippen LogP contribution >= 0.6 is 0 Å². The molecule has 158 valence electrons. The number of aryl methyl sites for hydroxylation is 1. The number of aromatic nitrogens is 4. The molecule has 2 N–H and O–H groups in total. The molecule has 3 aromatic heterocycles. The Bertz CT molecular complexity index is 1270. The molecule has 0 radical (unpaired) electrons. The van der Waals surface area contributed by atoms with Crippen LogP contribution in [0.15, 0.2) is 55.1 Å². The summed E-state index contributed by atoms with van der Waals surface area (Å²) in [5.74, 6) is -2.76. The van der Waals surface area contributed by atoms with Gasteiger partial charge in [0.15, 0.2) is 0 Å². The number of carboxylic acid groups (broad SMARTS) is 1. The highest BCUT2D eigenvalue weighted by atomic mass is 19.4. The van der Waals surface area contributed by atoms with Crippen molar-refractivity contribution in [3.8, 4) is 22.9 Å². The number of aliphatic carboxylic acids is 1. The third-order valence-electron chi connectivity index (χ3n) is 4.39. The molecule has 0 saturated carbocycles. The molecule has 0 aliphatic heterocycles. The van der Waals surface area contributed by atoms with E-state index < -0.39 is 12.1 Å². The summed E-state index contributed by atoms with van der Waals surface area (Å²) in [6, 6.07) is 12.2. The summed E-state index contributed by atoms with van der Waals surface area (Å²) in [6.45, 7) is 2.04. The van der Waals surface area contributed by atoms with Crippen molar-refractivity contribution in [2.24, 2.45) is 0 Å². The van der Waals surface area contributed by atoms with Crippen molar-refractivity contribution in [1.29, 1.82) is 5.26 Å². The smallest absolute Gasteiger partial charge is 0.475 e. The van der Waals surface area contributed by atoms with E-state index in [9.17, 15) is 13.2 Å². The average Bonchev–Trinajstić information content (AvgIpc) is 3.37. The lowest BCUT2D eigenvalue weighted by Crippen LogP contribution is -2.21. The van der Waals surface area contributed by atoms with E-state index in [0.717, 1.165) is 39.0 Å². The Balaban J connectivity index is 0.000000339. The number of benzene rings is 1. The fraction of sp³-hybridized carbons (Fsp3) is 0.143. The summed E-state index contributed by atoms with van der Waals surface area (Å²) in [5.41, 5.74) is 6.15. The second kappa shape index (κ2) is 8.71. The molecule has 0 amide bonds. The van der Waals surface area contributed by atoms with Gasteiger partial charge < -0.3 is 10.1 Å². The van der Waals surface area contributed by atoms with Gasteiger partial charge in [-0.15, -0.1) is 0 Å². The molecule has 1 aromatic carbocycles. The Morgan fingerprint density at radius 2 is 2.03 bits per heavy atom. The maximum Gasteiger partial charge on any atom is 0.490 e. The molecule has 0 aliphatic carbocycles. The van der Waals surface area contributed by atoms with Crippen LogP contribution in [-0.4, -0.2) is 37.0 Å². The standard InChI is InChI=1S/C19H15N5.C2HF3O2/c1-13-10-14(4-7-20)2-3-18(13)24-12-15(11-23-24)16-5-8-21-19-17(16)6-9-22-19;3-2(4,5)1(6)7/h2-3,5-6,8-12H,4H2,1H3,(H,21,22);(H,6,7). The number of rotatable bonds is 3. The van der Waals surface area contributed by atoms with Crippen molar-refractivity contribution in [1.82, 2.24) is 19.7 Å². The van der Waals surface area contributed by atoms with Crippen LogP contribution in [0.25, 0.3) is 27.8 Å². The van der Waals surface area contributed by atoms with E-state index in [2.05, 4.69) is 21.1 Å². The van der Waals surface area contributed by atoms with Crippen LogP contribution in [0, 0.1) is 18.3 Å². The van der Waals surface area contributed by atoms with E-state index in [1.54, 1.807) is 6.20 Å². The molecular weight excluding hydrogens is 411 g/mol.